The van der Waals surface area contributed by atoms with Crippen molar-refractivity contribution in [3.05, 3.63) is 167 Å². The van der Waals surface area contributed by atoms with Crippen molar-refractivity contribution >= 4 is 71.6 Å². The average Bonchev–Trinajstić information content (AvgIpc) is 3.12. The summed E-state index contributed by atoms with van der Waals surface area (Å²) < 4.78 is 1.02. The van der Waals surface area contributed by atoms with Crippen molar-refractivity contribution in [3.8, 4) is 0 Å². The zero-order chi connectivity index (χ0) is 37.7. The number of fused-ring (bicyclic) bond motifs is 2. The van der Waals surface area contributed by atoms with Crippen molar-refractivity contribution in [3.63, 3.8) is 0 Å². The zero-order valence-corrected chi connectivity index (χ0v) is 34.2. The molecule has 0 aliphatic heterocycles. The maximum Gasteiger partial charge on any atom is 0.0657 e. The minimum absolute atomic E-state index is 0.0534. The standard InChI is InChI=1S/C50H51BrN2/c1-48(2,3)38-20-26-41(27-21-38)52(42-28-22-39(23-29-42)49(4,5)6)45-32-40(50(7,8)9)33-46(47(45)51)53(43-24-18-34-14-10-12-16-36(34)30-43)44-25-19-35-15-11-13-17-37(35)31-44/h10-33H,1-9H3. The molecule has 0 saturated heterocycles. The molecule has 0 aliphatic carbocycles. The monoisotopic (exact) mass is 758 g/mol. The Morgan fingerprint density at radius 3 is 1.02 bits per heavy atom. The van der Waals surface area contributed by atoms with Gasteiger partial charge in [-0.1, -0.05) is 147 Å². The number of rotatable bonds is 6. The van der Waals surface area contributed by atoms with Gasteiger partial charge in [-0.3, -0.25) is 0 Å². The summed E-state index contributed by atoms with van der Waals surface area (Å²) in [6.07, 6.45) is 0. The van der Waals surface area contributed by atoms with Crippen molar-refractivity contribution in [1.29, 1.82) is 0 Å². The van der Waals surface area contributed by atoms with E-state index in [1.165, 1.54) is 38.2 Å². The van der Waals surface area contributed by atoms with Gasteiger partial charge in [0, 0.05) is 22.7 Å². The fourth-order valence-electron chi connectivity index (χ4n) is 7.06. The van der Waals surface area contributed by atoms with Crippen molar-refractivity contribution in [2.45, 2.75) is 78.6 Å². The van der Waals surface area contributed by atoms with E-state index >= 15 is 0 Å². The van der Waals surface area contributed by atoms with Gasteiger partial charge in [-0.15, -0.1) is 0 Å². The highest BCUT2D eigenvalue weighted by Gasteiger charge is 2.27. The summed E-state index contributed by atoms with van der Waals surface area (Å²) in [4.78, 5) is 4.84. The van der Waals surface area contributed by atoms with Crippen molar-refractivity contribution < 1.29 is 0 Å². The lowest BCUT2D eigenvalue weighted by molar-refractivity contribution is 0.589. The normalized spacial score (nSPS) is 12.3. The molecule has 0 unspecified atom stereocenters. The van der Waals surface area contributed by atoms with Crippen LogP contribution in [0, 0.1) is 0 Å². The Labute approximate surface area is 325 Å². The Kier molecular flexibility index (Phi) is 9.53. The van der Waals surface area contributed by atoms with E-state index in [-0.39, 0.29) is 16.2 Å². The topological polar surface area (TPSA) is 6.48 Å². The molecule has 0 fully saturated rings. The molecule has 3 heteroatoms. The third-order valence-electron chi connectivity index (χ3n) is 10.3. The highest BCUT2D eigenvalue weighted by Crippen LogP contribution is 2.50. The third kappa shape index (κ3) is 7.50. The molecule has 0 N–H and O–H groups in total. The summed E-state index contributed by atoms with van der Waals surface area (Å²) in [6.45, 7) is 20.6. The van der Waals surface area contributed by atoms with E-state index in [4.69, 9.17) is 0 Å². The molecular formula is C50H51BrN2. The molecule has 7 aromatic rings. The molecule has 0 atom stereocenters. The molecule has 268 valence electrons. The molecule has 0 radical (unpaired) electrons. The second-order valence-corrected chi connectivity index (χ2v) is 18.2. The molecule has 0 amide bonds. The number of halogens is 1. The van der Waals surface area contributed by atoms with Gasteiger partial charge < -0.3 is 9.80 Å². The Bertz CT molecular complexity index is 2270. The van der Waals surface area contributed by atoms with Crippen LogP contribution in [0.5, 0.6) is 0 Å². The number of nitrogens with zero attached hydrogens (tertiary/aromatic N) is 2. The first-order valence-corrected chi connectivity index (χ1v) is 19.5. The van der Waals surface area contributed by atoms with Crippen LogP contribution in [0.15, 0.2) is 150 Å². The molecule has 7 aromatic carbocycles. The zero-order valence-electron chi connectivity index (χ0n) is 32.6. The smallest absolute Gasteiger partial charge is 0.0657 e. The van der Waals surface area contributed by atoms with Gasteiger partial charge in [-0.2, -0.15) is 0 Å². The first-order valence-electron chi connectivity index (χ1n) is 18.7. The number of hydrogen-bond donors (Lipinski definition) is 0. The van der Waals surface area contributed by atoms with Gasteiger partial charge in [0.25, 0.3) is 0 Å². The van der Waals surface area contributed by atoms with E-state index in [1.807, 2.05) is 0 Å². The lowest BCUT2D eigenvalue weighted by atomic mass is 9.85. The van der Waals surface area contributed by atoms with Crippen LogP contribution in [0.1, 0.15) is 79.0 Å². The van der Waals surface area contributed by atoms with Gasteiger partial charge in [0.05, 0.1) is 15.8 Å². The molecule has 2 nitrogen and oxygen atoms in total. The van der Waals surface area contributed by atoms with Gasteiger partial charge in [0.15, 0.2) is 0 Å². The van der Waals surface area contributed by atoms with Gasteiger partial charge in [-0.25, -0.2) is 0 Å². The third-order valence-corrected chi connectivity index (χ3v) is 11.2. The van der Waals surface area contributed by atoms with Crippen LogP contribution in [0.2, 0.25) is 0 Å². The average molecular weight is 760 g/mol. The molecular weight excluding hydrogens is 708 g/mol. The van der Waals surface area contributed by atoms with E-state index in [0.717, 1.165) is 38.6 Å². The number of hydrogen-bond acceptors (Lipinski definition) is 2. The largest absolute Gasteiger partial charge is 0.309 e. The molecule has 0 bridgehead atoms. The summed E-state index contributed by atoms with van der Waals surface area (Å²) in [5.41, 5.74) is 10.5. The number of benzene rings is 7. The quantitative estimate of drug-likeness (QED) is 0.167. The molecule has 7 rings (SSSR count). The highest BCUT2D eigenvalue weighted by atomic mass is 79.9. The summed E-state index contributed by atoms with van der Waals surface area (Å²) in [7, 11) is 0. The fourth-order valence-corrected chi connectivity index (χ4v) is 7.64. The van der Waals surface area contributed by atoms with Gasteiger partial charge in [-0.05, 0) is 131 Å². The number of anilines is 6. The van der Waals surface area contributed by atoms with E-state index in [2.05, 4.69) is 234 Å². The van der Waals surface area contributed by atoms with Crippen LogP contribution in [0.3, 0.4) is 0 Å². The minimum atomic E-state index is -0.125. The van der Waals surface area contributed by atoms with E-state index in [1.54, 1.807) is 0 Å². The van der Waals surface area contributed by atoms with E-state index in [9.17, 15) is 0 Å². The van der Waals surface area contributed by atoms with Crippen LogP contribution in [0.4, 0.5) is 34.1 Å². The molecule has 0 aliphatic rings. The lowest BCUT2D eigenvalue weighted by Crippen LogP contribution is -2.19. The second kappa shape index (κ2) is 13.8. The molecule has 53 heavy (non-hydrogen) atoms. The van der Waals surface area contributed by atoms with Crippen LogP contribution < -0.4 is 9.80 Å². The fraction of sp³-hybridized carbons (Fsp3) is 0.240. The summed E-state index contributed by atoms with van der Waals surface area (Å²) in [5, 5.41) is 4.86. The van der Waals surface area contributed by atoms with Crippen molar-refractivity contribution in [2.24, 2.45) is 0 Å². The lowest BCUT2D eigenvalue weighted by Gasteiger charge is -2.34. The molecule has 0 aromatic heterocycles. The summed E-state index contributed by atoms with van der Waals surface area (Å²) in [5.74, 6) is 0. The maximum absolute atomic E-state index is 4.28. The van der Waals surface area contributed by atoms with Gasteiger partial charge in [0.1, 0.15) is 0 Å². The Hall–Kier alpha value is -4.86. The van der Waals surface area contributed by atoms with E-state index < -0.39 is 0 Å². The Morgan fingerprint density at radius 1 is 0.340 bits per heavy atom. The SMILES string of the molecule is CC(C)(C)c1ccc(N(c2ccc(C(C)(C)C)cc2)c2cc(C(C)(C)C)cc(N(c3ccc4ccccc4c3)c3ccc4ccccc4c3)c2Br)cc1. The Balaban J connectivity index is 1.52. The molecule has 0 spiro atoms. The van der Waals surface area contributed by atoms with Crippen LogP contribution >= 0.6 is 15.9 Å². The first-order chi connectivity index (χ1) is 25.1. The molecule has 0 heterocycles. The first kappa shape index (κ1) is 36.5. The van der Waals surface area contributed by atoms with Crippen molar-refractivity contribution in [2.75, 3.05) is 9.80 Å². The predicted octanol–water partition coefficient (Wildman–Crippen LogP) is 15.6. The molecule has 0 saturated carbocycles. The van der Waals surface area contributed by atoms with E-state index in [0.29, 0.717) is 0 Å². The maximum atomic E-state index is 4.28. The van der Waals surface area contributed by atoms with Crippen LogP contribution in [-0.2, 0) is 16.2 Å². The van der Waals surface area contributed by atoms with Crippen molar-refractivity contribution in [1.82, 2.24) is 0 Å². The minimum Gasteiger partial charge on any atom is -0.309 e. The predicted molar refractivity (Wildman–Crippen MR) is 235 cm³/mol. The van der Waals surface area contributed by atoms with Gasteiger partial charge >= 0.3 is 0 Å². The van der Waals surface area contributed by atoms with Crippen LogP contribution in [0.25, 0.3) is 21.5 Å². The summed E-state index contributed by atoms with van der Waals surface area (Å²) in [6, 6.07) is 53.8. The van der Waals surface area contributed by atoms with Gasteiger partial charge in [0.2, 0.25) is 0 Å². The van der Waals surface area contributed by atoms with Crippen LogP contribution in [-0.4, -0.2) is 0 Å². The highest BCUT2D eigenvalue weighted by molar-refractivity contribution is 9.10. The second-order valence-electron chi connectivity index (χ2n) is 17.4. The Morgan fingerprint density at radius 2 is 0.660 bits per heavy atom. The summed E-state index contributed by atoms with van der Waals surface area (Å²) >= 11 is 4.28.